The van der Waals surface area contributed by atoms with Crippen LogP contribution in [0.4, 0.5) is 4.39 Å². The molecule has 5 nitrogen and oxygen atoms in total. The molecule has 1 aliphatic heterocycles. The number of benzene rings is 1. The third kappa shape index (κ3) is 3.37. The van der Waals surface area contributed by atoms with Gasteiger partial charge in [-0.3, -0.25) is 0 Å². The van der Waals surface area contributed by atoms with Crippen molar-refractivity contribution in [2.45, 2.75) is 43.7 Å². The van der Waals surface area contributed by atoms with E-state index >= 15 is 0 Å². The van der Waals surface area contributed by atoms with Gasteiger partial charge in [0.2, 0.25) is 16.1 Å². The zero-order valence-corrected chi connectivity index (χ0v) is 12.6. The van der Waals surface area contributed by atoms with E-state index in [1.807, 2.05) is 0 Å². The quantitative estimate of drug-likeness (QED) is 0.635. The van der Waals surface area contributed by atoms with Gasteiger partial charge in [0.1, 0.15) is 12.0 Å². The summed E-state index contributed by atoms with van der Waals surface area (Å²) in [7, 11) is -3.89. The molecule has 1 unspecified atom stereocenters. The zero-order valence-electron chi connectivity index (χ0n) is 11.8. The molecule has 1 saturated heterocycles. The Morgan fingerprint density at radius 1 is 1.33 bits per heavy atom. The van der Waals surface area contributed by atoms with Crippen molar-refractivity contribution in [2.75, 3.05) is 6.54 Å². The molecule has 1 aliphatic rings. The Morgan fingerprint density at radius 2 is 2.10 bits per heavy atom. The van der Waals surface area contributed by atoms with Crippen LogP contribution in [-0.2, 0) is 14.8 Å². The zero-order chi connectivity index (χ0) is 15.5. The fourth-order valence-corrected chi connectivity index (χ4v) is 4.34. The van der Waals surface area contributed by atoms with Crippen LogP contribution in [0.2, 0.25) is 0 Å². The molecule has 1 aromatic carbocycles. The SMILES string of the molecule is Cc1ccc(F)cc1S(=O)(=O)N1CCCCCC1N=C=O. The van der Waals surface area contributed by atoms with Crippen molar-refractivity contribution < 1.29 is 17.6 Å². The minimum absolute atomic E-state index is 0.0736. The van der Waals surface area contributed by atoms with Gasteiger partial charge >= 0.3 is 0 Å². The Hall–Kier alpha value is -1.56. The molecule has 0 amide bonds. The fourth-order valence-electron chi connectivity index (χ4n) is 2.51. The number of aryl methyl sites for hydroxylation is 1. The van der Waals surface area contributed by atoms with Crippen molar-refractivity contribution in [3.8, 4) is 0 Å². The van der Waals surface area contributed by atoms with Gasteiger partial charge in [0.05, 0.1) is 4.90 Å². The lowest BCUT2D eigenvalue weighted by Crippen LogP contribution is -2.39. The Morgan fingerprint density at radius 3 is 2.81 bits per heavy atom. The maximum absolute atomic E-state index is 13.4. The smallest absolute Gasteiger partial charge is 0.211 e. The number of nitrogens with zero attached hydrogens (tertiary/aromatic N) is 2. The minimum atomic E-state index is -3.89. The molecule has 0 saturated carbocycles. The van der Waals surface area contributed by atoms with Gasteiger partial charge in [-0.2, -0.15) is 9.30 Å². The number of hydrogen-bond donors (Lipinski definition) is 0. The number of carbonyl (C=O) groups excluding carboxylic acids is 1. The first-order chi connectivity index (χ1) is 9.96. The van der Waals surface area contributed by atoms with E-state index in [0.717, 1.165) is 18.9 Å². The van der Waals surface area contributed by atoms with E-state index in [-0.39, 0.29) is 11.4 Å². The van der Waals surface area contributed by atoms with Crippen LogP contribution in [0, 0.1) is 12.7 Å². The first-order valence-electron chi connectivity index (χ1n) is 6.82. The van der Waals surface area contributed by atoms with Crippen LogP contribution in [0.3, 0.4) is 0 Å². The molecular weight excluding hydrogens is 295 g/mol. The number of aliphatic imine (C=N–C) groups is 1. The largest absolute Gasteiger partial charge is 0.245 e. The van der Waals surface area contributed by atoms with Crippen LogP contribution in [0.5, 0.6) is 0 Å². The number of rotatable bonds is 3. The lowest BCUT2D eigenvalue weighted by Gasteiger charge is -2.25. The predicted molar refractivity (Wildman–Crippen MR) is 75.4 cm³/mol. The second-order valence-corrected chi connectivity index (χ2v) is 6.93. The maximum Gasteiger partial charge on any atom is 0.245 e. The third-order valence-corrected chi connectivity index (χ3v) is 5.65. The molecule has 7 heteroatoms. The van der Waals surface area contributed by atoms with Gasteiger partial charge in [-0.05, 0) is 43.9 Å². The standard InChI is InChI=1S/C14H17FN2O3S/c1-11-6-7-12(15)9-13(11)21(19,20)17-8-4-2-3-5-14(17)16-10-18/h6-7,9,14H,2-5,8H2,1H3. The summed E-state index contributed by atoms with van der Waals surface area (Å²) in [6, 6.07) is 3.66. The molecule has 0 bridgehead atoms. The molecule has 1 heterocycles. The van der Waals surface area contributed by atoms with Crippen molar-refractivity contribution in [3.63, 3.8) is 0 Å². The normalized spacial score (nSPS) is 20.6. The van der Waals surface area contributed by atoms with Gasteiger partial charge in [0.15, 0.2) is 0 Å². The number of sulfonamides is 1. The second kappa shape index (κ2) is 6.47. The molecule has 1 fully saturated rings. The van der Waals surface area contributed by atoms with E-state index in [2.05, 4.69) is 4.99 Å². The van der Waals surface area contributed by atoms with Gasteiger partial charge in [0, 0.05) is 6.54 Å². The van der Waals surface area contributed by atoms with Crippen molar-refractivity contribution in [1.29, 1.82) is 0 Å². The minimum Gasteiger partial charge on any atom is -0.211 e. The van der Waals surface area contributed by atoms with Crippen molar-refractivity contribution >= 4 is 16.1 Å². The molecule has 0 aliphatic carbocycles. The van der Waals surface area contributed by atoms with E-state index < -0.39 is 22.0 Å². The number of isocyanates is 1. The summed E-state index contributed by atoms with van der Waals surface area (Å²) >= 11 is 0. The van der Waals surface area contributed by atoms with E-state index in [4.69, 9.17) is 0 Å². The van der Waals surface area contributed by atoms with Crippen LogP contribution < -0.4 is 0 Å². The van der Waals surface area contributed by atoms with Crippen LogP contribution >= 0.6 is 0 Å². The van der Waals surface area contributed by atoms with Gasteiger partial charge < -0.3 is 0 Å². The van der Waals surface area contributed by atoms with Crippen molar-refractivity contribution in [3.05, 3.63) is 29.6 Å². The summed E-state index contributed by atoms with van der Waals surface area (Å²) < 4.78 is 40.1. The molecule has 0 N–H and O–H groups in total. The Labute approximate surface area is 123 Å². The highest BCUT2D eigenvalue weighted by atomic mass is 32.2. The van der Waals surface area contributed by atoms with Crippen LogP contribution in [-0.4, -0.2) is 31.5 Å². The van der Waals surface area contributed by atoms with Crippen LogP contribution in [0.15, 0.2) is 28.1 Å². The van der Waals surface area contributed by atoms with Crippen LogP contribution in [0.1, 0.15) is 31.2 Å². The Kier molecular flexibility index (Phi) is 4.88. The monoisotopic (exact) mass is 312 g/mol. The number of halogens is 1. The van der Waals surface area contributed by atoms with Crippen molar-refractivity contribution in [1.82, 2.24) is 4.31 Å². The molecule has 114 valence electrons. The Bertz CT molecular complexity index is 669. The highest BCUT2D eigenvalue weighted by molar-refractivity contribution is 7.89. The van der Waals surface area contributed by atoms with Crippen LogP contribution in [0.25, 0.3) is 0 Å². The first kappa shape index (κ1) is 15.8. The van der Waals surface area contributed by atoms with Gasteiger partial charge in [0.25, 0.3) is 0 Å². The highest BCUT2D eigenvalue weighted by Gasteiger charge is 2.33. The summed E-state index contributed by atoms with van der Waals surface area (Å²) in [5.74, 6) is -0.607. The fraction of sp³-hybridized carbons (Fsp3) is 0.500. The maximum atomic E-state index is 13.4. The predicted octanol–water partition coefficient (Wildman–Crippen LogP) is 2.36. The van der Waals surface area contributed by atoms with Gasteiger partial charge in [-0.15, -0.1) is 0 Å². The summed E-state index contributed by atoms with van der Waals surface area (Å²) in [6.07, 6.45) is 3.53. The average molecular weight is 312 g/mol. The summed E-state index contributed by atoms with van der Waals surface area (Å²) in [4.78, 5) is 14.1. The number of hydrogen-bond acceptors (Lipinski definition) is 4. The highest BCUT2D eigenvalue weighted by Crippen LogP contribution is 2.27. The molecule has 0 radical (unpaired) electrons. The van der Waals surface area contributed by atoms with E-state index in [0.29, 0.717) is 18.4 Å². The Balaban J connectivity index is 2.48. The van der Waals surface area contributed by atoms with Gasteiger partial charge in [-0.1, -0.05) is 12.5 Å². The van der Waals surface area contributed by atoms with E-state index in [9.17, 15) is 17.6 Å². The molecule has 21 heavy (non-hydrogen) atoms. The lowest BCUT2D eigenvalue weighted by atomic mass is 10.2. The molecular formula is C14H17FN2O3S. The molecule has 2 rings (SSSR count). The second-order valence-electron chi connectivity index (χ2n) is 5.08. The third-order valence-electron chi connectivity index (χ3n) is 3.61. The lowest BCUT2D eigenvalue weighted by molar-refractivity contribution is 0.330. The molecule has 1 aromatic rings. The molecule has 1 atom stereocenters. The summed E-state index contributed by atoms with van der Waals surface area (Å²) in [5.41, 5.74) is 0.467. The van der Waals surface area contributed by atoms with Gasteiger partial charge in [-0.25, -0.2) is 17.6 Å². The topological polar surface area (TPSA) is 66.8 Å². The first-order valence-corrected chi connectivity index (χ1v) is 8.26. The van der Waals surface area contributed by atoms with Crippen molar-refractivity contribution in [2.24, 2.45) is 4.99 Å². The molecule has 0 spiro atoms. The summed E-state index contributed by atoms with van der Waals surface area (Å²) in [5, 5.41) is 0. The average Bonchev–Trinajstić information content (AvgIpc) is 2.68. The summed E-state index contributed by atoms with van der Waals surface area (Å²) in [6.45, 7) is 1.89. The van der Waals surface area contributed by atoms with E-state index in [1.54, 1.807) is 6.92 Å². The molecule has 0 aromatic heterocycles. The van der Waals surface area contributed by atoms with E-state index in [1.165, 1.54) is 22.5 Å².